The largest absolute Gasteiger partial charge is 0.329 e. The summed E-state index contributed by atoms with van der Waals surface area (Å²) < 4.78 is 0. The lowest BCUT2D eigenvalue weighted by atomic mass is 9.89. The second-order valence-corrected chi connectivity index (χ2v) is 6.58. The van der Waals surface area contributed by atoms with Crippen molar-refractivity contribution in [3.8, 4) is 0 Å². The third kappa shape index (κ3) is 4.01. The van der Waals surface area contributed by atoms with Crippen molar-refractivity contribution in [2.45, 2.75) is 58.5 Å². The van der Waals surface area contributed by atoms with E-state index in [0.717, 1.165) is 25.4 Å². The van der Waals surface area contributed by atoms with E-state index in [1.54, 1.807) is 0 Å². The Morgan fingerprint density at radius 1 is 1.47 bits per heavy atom. The van der Waals surface area contributed by atoms with Crippen molar-refractivity contribution < 1.29 is 0 Å². The van der Waals surface area contributed by atoms with Gasteiger partial charge in [0, 0.05) is 24.5 Å². The summed E-state index contributed by atoms with van der Waals surface area (Å²) in [7, 11) is 0. The molecule has 1 fully saturated rings. The van der Waals surface area contributed by atoms with Crippen LogP contribution in [0.15, 0.2) is 5.38 Å². The first-order valence-electron chi connectivity index (χ1n) is 7.64. The molecule has 2 unspecified atom stereocenters. The van der Waals surface area contributed by atoms with E-state index in [2.05, 4.69) is 24.1 Å². The molecule has 4 heteroatoms. The lowest BCUT2D eigenvalue weighted by molar-refractivity contribution is 0.106. The Balaban J connectivity index is 1.93. The summed E-state index contributed by atoms with van der Waals surface area (Å²) in [6, 6.07) is 0.551. The average Bonchev–Trinajstić information content (AvgIpc) is 2.87. The highest BCUT2D eigenvalue weighted by molar-refractivity contribution is 7.09. The van der Waals surface area contributed by atoms with Crippen LogP contribution in [0.2, 0.25) is 0 Å². The van der Waals surface area contributed by atoms with Crippen LogP contribution in [0, 0.1) is 5.92 Å². The molecule has 2 N–H and O–H groups in total. The van der Waals surface area contributed by atoms with Gasteiger partial charge in [0.2, 0.25) is 0 Å². The third-order valence-corrected chi connectivity index (χ3v) is 5.18. The van der Waals surface area contributed by atoms with E-state index in [1.165, 1.54) is 42.9 Å². The van der Waals surface area contributed by atoms with Crippen LogP contribution in [0.1, 0.15) is 50.2 Å². The lowest BCUT2D eigenvalue weighted by Crippen LogP contribution is -2.46. The number of piperidine rings is 1. The van der Waals surface area contributed by atoms with Gasteiger partial charge >= 0.3 is 0 Å². The van der Waals surface area contributed by atoms with Crippen LogP contribution < -0.4 is 5.73 Å². The average molecular weight is 281 g/mol. The number of aromatic nitrogens is 1. The molecular weight excluding hydrogens is 254 g/mol. The molecule has 1 aliphatic rings. The third-order valence-electron chi connectivity index (χ3n) is 4.22. The Labute approximate surface area is 121 Å². The number of likely N-dealkylation sites (tertiary alicyclic amines) is 1. The topological polar surface area (TPSA) is 42.2 Å². The first-order valence-corrected chi connectivity index (χ1v) is 8.52. The van der Waals surface area contributed by atoms with Gasteiger partial charge in [-0.1, -0.05) is 20.3 Å². The molecule has 1 saturated heterocycles. The number of nitrogens with zero attached hydrogens (tertiary/aromatic N) is 2. The van der Waals surface area contributed by atoms with Crippen LogP contribution in [0.4, 0.5) is 0 Å². The van der Waals surface area contributed by atoms with Gasteiger partial charge in [-0.2, -0.15) is 0 Å². The zero-order valence-corrected chi connectivity index (χ0v) is 13.1. The minimum atomic E-state index is 0.551. The minimum absolute atomic E-state index is 0.551. The molecule has 0 amide bonds. The van der Waals surface area contributed by atoms with E-state index in [-0.39, 0.29) is 0 Å². The number of rotatable bonds is 6. The zero-order chi connectivity index (χ0) is 13.7. The summed E-state index contributed by atoms with van der Waals surface area (Å²) in [5.41, 5.74) is 7.20. The van der Waals surface area contributed by atoms with Crippen LogP contribution in [-0.4, -0.2) is 29.0 Å². The van der Waals surface area contributed by atoms with E-state index in [0.29, 0.717) is 6.04 Å². The molecule has 0 radical (unpaired) electrons. The molecule has 0 aromatic carbocycles. The molecule has 1 aromatic heterocycles. The molecule has 0 spiro atoms. The van der Waals surface area contributed by atoms with Gasteiger partial charge in [-0.05, 0) is 38.1 Å². The van der Waals surface area contributed by atoms with Crippen molar-refractivity contribution in [2.24, 2.45) is 11.7 Å². The lowest BCUT2D eigenvalue weighted by Gasteiger charge is -2.38. The monoisotopic (exact) mass is 281 g/mol. The van der Waals surface area contributed by atoms with Crippen LogP contribution in [-0.2, 0) is 13.0 Å². The van der Waals surface area contributed by atoms with Gasteiger partial charge in [-0.15, -0.1) is 11.3 Å². The normalized spacial score (nSPS) is 24.8. The highest BCUT2D eigenvalue weighted by Crippen LogP contribution is 2.26. The first kappa shape index (κ1) is 14.9. The van der Waals surface area contributed by atoms with E-state index in [1.807, 2.05) is 11.3 Å². The fourth-order valence-electron chi connectivity index (χ4n) is 2.97. The van der Waals surface area contributed by atoms with Crippen LogP contribution >= 0.6 is 11.3 Å². The molecule has 3 nitrogen and oxygen atoms in total. The van der Waals surface area contributed by atoms with Crippen LogP contribution in [0.25, 0.3) is 0 Å². The number of hydrogen-bond acceptors (Lipinski definition) is 4. The van der Waals surface area contributed by atoms with E-state index < -0.39 is 0 Å². The highest BCUT2D eigenvalue weighted by atomic mass is 32.1. The van der Waals surface area contributed by atoms with Crippen molar-refractivity contribution in [1.82, 2.24) is 9.88 Å². The Hall–Kier alpha value is -0.450. The van der Waals surface area contributed by atoms with Crippen molar-refractivity contribution in [2.75, 3.05) is 13.1 Å². The predicted molar refractivity (Wildman–Crippen MR) is 82.4 cm³/mol. The highest BCUT2D eigenvalue weighted by Gasteiger charge is 2.26. The maximum Gasteiger partial charge on any atom is 0.0928 e. The molecule has 0 saturated carbocycles. The standard InChI is InChI=1S/C15H27N3S/c1-3-5-15-17-13(11-19-15)10-18-7-6-12(4-2)8-14(18)9-16/h11-12,14H,3-10,16H2,1-2H3. The molecule has 2 atom stereocenters. The summed E-state index contributed by atoms with van der Waals surface area (Å²) in [5.74, 6) is 0.871. The minimum Gasteiger partial charge on any atom is -0.329 e. The predicted octanol–water partition coefficient (Wildman–Crippen LogP) is 3.04. The summed E-state index contributed by atoms with van der Waals surface area (Å²) in [4.78, 5) is 7.28. The number of aryl methyl sites for hydroxylation is 1. The fraction of sp³-hybridized carbons (Fsp3) is 0.800. The first-order chi connectivity index (χ1) is 9.26. The Morgan fingerprint density at radius 2 is 2.32 bits per heavy atom. The quantitative estimate of drug-likeness (QED) is 0.871. The van der Waals surface area contributed by atoms with Gasteiger partial charge in [0.1, 0.15) is 0 Å². The second-order valence-electron chi connectivity index (χ2n) is 5.64. The SMILES string of the molecule is CCCc1nc(CN2CCC(CC)CC2CN)cs1. The van der Waals surface area contributed by atoms with Crippen molar-refractivity contribution in [3.63, 3.8) is 0 Å². The molecule has 19 heavy (non-hydrogen) atoms. The second kappa shape index (κ2) is 7.36. The molecular formula is C15H27N3S. The van der Waals surface area contributed by atoms with Crippen LogP contribution in [0.3, 0.4) is 0 Å². The maximum atomic E-state index is 5.96. The van der Waals surface area contributed by atoms with E-state index >= 15 is 0 Å². The zero-order valence-electron chi connectivity index (χ0n) is 12.3. The molecule has 0 aliphatic carbocycles. The van der Waals surface area contributed by atoms with Gasteiger partial charge < -0.3 is 5.73 Å². The molecule has 108 valence electrons. The number of nitrogens with two attached hydrogens (primary N) is 1. The number of thiazole rings is 1. The van der Waals surface area contributed by atoms with Crippen molar-refractivity contribution in [3.05, 3.63) is 16.1 Å². The fourth-order valence-corrected chi connectivity index (χ4v) is 3.86. The van der Waals surface area contributed by atoms with E-state index in [9.17, 15) is 0 Å². The van der Waals surface area contributed by atoms with Gasteiger partial charge in [0.25, 0.3) is 0 Å². The maximum absolute atomic E-state index is 5.96. The van der Waals surface area contributed by atoms with Gasteiger partial charge in [-0.3, -0.25) is 4.90 Å². The van der Waals surface area contributed by atoms with Gasteiger partial charge in [0.15, 0.2) is 0 Å². The van der Waals surface area contributed by atoms with Gasteiger partial charge in [-0.25, -0.2) is 4.98 Å². The Morgan fingerprint density at radius 3 is 3.00 bits per heavy atom. The molecule has 1 aromatic rings. The number of hydrogen-bond donors (Lipinski definition) is 1. The molecule has 0 bridgehead atoms. The summed E-state index contributed by atoms with van der Waals surface area (Å²) in [6.07, 6.45) is 6.17. The molecule has 2 rings (SSSR count). The Bertz CT molecular complexity index is 377. The van der Waals surface area contributed by atoms with Crippen molar-refractivity contribution >= 4 is 11.3 Å². The Kier molecular flexibility index (Phi) is 5.79. The summed E-state index contributed by atoms with van der Waals surface area (Å²) >= 11 is 1.81. The molecule has 2 heterocycles. The van der Waals surface area contributed by atoms with Crippen molar-refractivity contribution in [1.29, 1.82) is 0 Å². The van der Waals surface area contributed by atoms with E-state index in [4.69, 9.17) is 10.7 Å². The van der Waals surface area contributed by atoms with Crippen LogP contribution in [0.5, 0.6) is 0 Å². The smallest absolute Gasteiger partial charge is 0.0928 e. The molecule has 1 aliphatic heterocycles. The van der Waals surface area contributed by atoms with Gasteiger partial charge in [0.05, 0.1) is 10.7 Å². The summed E-state index contributed by atoms with van der Waals surface area (Å²) in [6.45, 7) is 7.45. The summed E-state index contributed by atoms with van der Waals surface area (Å²) in [5, 5.41) is 3.51.